The largest absolute Gasteiger partial charge is 0.452 e. The second kappa shape index (κ2) is 9.80. The van der Waals surface area contributed by atoms with E-state index in [1.165, 1.54) is 11.8 Å². The van der Waals surface area contributed by atoms with Crippen LogP contribution in [0.4, 0.5) is 0 Å². The summed E-state index contributed by atoms with van der Waals surface area (Å²) >= 11 is 2.98. The van der Waals surface area contributed by atoms with Gasteiger partial charge in [-0.3, -0.25) is 4.79 Å². The molecule has 158 valence electrons. The fraction of sp³-hybridized carbons (Fsp3) is 0.174. The second-order valence-electron chi connectivity index (χ2n) is 6.80. The van der Waals surface area contributed by atoms with Crippen LogP contribution in [0, 0.1) is 0 Å². The molecule has 0 spiro atoms. The van der Waals surface area contributed by atoms with E-state index in [2.05, 4.69) is 4.98 Å². The van der Waals surface area contributed by atoms with Gasteiger partial charge in [0.1, 0.15) is 5.52 Å². The van der Waals surface area contributed by atoms with Gasteiger partial charge in [-0.05, 0) is 35.2 Å². The molecule has 0 aliphatic carbocycles. The van der Waals surface area contributed by atoms with Crippen LogP contribution in [0.25, 0.3) is 11.1 Å². The highest BCUT2D eigenvalue weighted by Crippen LogP contribution is 2.27. The predicted octanol–water partition coefficient (Wildman–Crippen LogP) is 5.00. The Morgan fingerprint density at radius 2 is 1.90 bits per heavy atom. The fourth-order valence-corrected chi connectivity index (χ4v) is 4.54. The van der Waals surface area contributed by atoms with Gasteiger partial charge in [0.2, 0.25) is 0 Å². The number of carbonyl (C=O) groups excluding carboxylic acids is 2. The molecule has 0 atom stereocenters. The minimum Gasteiger partial charge on any atom is -0.452 e. The Morgan fingerprint density at radius 3 is 2.71 bits per heavy atom. The number of oxazole rings is 1. The van der Waals surface area contributed by atoms with E-state index in [-0.39, 0.29) is 12.5 Å². The van der Waals surface area contributed by atoms with E-state index in [0.717, 1.165) is 21.5 Å². The summed E-state index contributed by atoms with van der Waals surface area (Å²) < 4.78 is 11.0. The van der Waals surface area contributed by atoms with Crippen LogP contribution in [-0.4, -0.2) is 35.4 Å². The highest BCUT2D eigenvalue weighted by molar-refractivity contribution is 7.98. The molecule has 4 rings (SSSR count). The molecule has 2 heterocycles. The maximum atomic E-state index is 12.6. The number of fused-ring (bicyclic) bond motifs is 1. The first-order valence-electron chi connectivity index (χ1n) is 9.60. The molecule has 2 aromatic heterocycles. The Bertz CT molecular complexity index is 1150. The fourth-order valence-electron chi connectivity index (χ4n) is 2.94. The van der Waals surface area contributed by atoms with Gasteiger partial charge in [0.05, 0.1) is 12.1 Å². The monoisotopic (exact) mass is 452 g/mol. The standard InChI is InChI=1S/C23H20N2O4S2/c1-25(13-17-8-6-12-30-17)21(26)14-28-22(27)18-9-3-2-7-16(18)15-31-23-24-19-10-4-5-11-20(19)29-23/h2-12H,13-15H2,1H3. The lowest BCUT2D eigenvalue weighted by atomic mass is 10.1. The number of ether oxygens (including phenoxy) is 1. The zero-order valence-electron chi connectivity index (χ0n) is 16.8. The first-order chi connectivity index (χ1) is 15.1. The second-order valence-corrected chi connectivity index (χ2v) is 8.76. The van der Waals surface area contributed by atoms with E-state index < -0.39 is 5.97 Å². The van der Waals surface area contributed by atoms with Crippen molar-refractivity contribution in [3.05, 3.63) is 82.0 Å². The first kappa shape index (κ1) is 21.1. The third-order valence-electron chi connectivity index (χ3n) is 4.59. The van der Waals surface area contributed by atoms with Crippen LogP contribution >= 0.6 is 23.1 Å². The number of para-hydroxylation sites is 2. The number of thioether (sulfide) groups is 1. The zero-order chi connectivity index (χ0) is 21.6. The molecule has 31 heavy (non-hydrogen) atoms. The molecule has 6 nitrogen and oxygen atoms in total. The molecule has 0 aliphatic rings. The molecular weight excluding hydrogens is 432 g/mol. The SMILES string of the molecule is CN(Cc1cccs1)C(=O)COC(=O)c1ccccc1CSc1nc2ccccc2o1. The molecule has 4 aromatic rings. The third-order valence-corrected chi connectivity index (χ3v) is 6.33. The number of rotatable bonds is 8. The maximum absolute atomic E-state index is 12.6. The van der Waals surface area contributed by atoms with Gasteiger partial charge >= 0.3 is 5.97 Å². The average molecular weight is 453 g/mol. The smallest absolute Gasteiger partial charge is 0.338 e. The number of benzene rings is 2. The van der Waals surface area contributed by atoms with E-state index in [9.17, 15) is 9.59 Å². The summed E-state index contributed by atoms with van der Waals surface area (Å²) in [4.78, 5) is 32.0. The van der Waals surface area contributed by atoms with Crippen LogP contribution < -0.4 is 0 Å². The summed E-state index contributed by atoms with van der Waals surface area (Å²) in [7, 11) is 1.70. The molecule has 8 heteroatoms. The molecule has 0 N–H and O–H groups in total. The Hall–Kier alpha value is -3.10. The van der Waals surface area contributed by atoms with Crippen LogP contribution in [0.1, 0.15) is 20.8 Å². The molecule has 0 unspecified atom stereocenters. The van der Waals surface area contributed by atoms with Crippen molar-refractivity contribution < 1.29 is 18.7 Å². The minimum absolute atomic E-state index is 0.250. The highest BCUT2D eigenvalue weighted by atomic mass is 32.2. The molecule has 0 saturated carbocycles. The number of likely N-dealkylation sites (N-methyl/N-ethyl adjacent to an activating group) is 1. The van der Waals surface area contributed by atoms with Gasteiger partial charge in [0, 0.05) is 17.7 Å². The van der Waals surface area contributed by atoms with Gasteiger partial charge < -0.3 is 14.1 Å². The van der Waals surface area contributed by atoms with Crippen LogP contribution in [0.2, 0.25) is 0 Å². The summed E-state index contributed by atoms with van der Waals surface area (Å²) in [5.41, 5.74) is 2.74. The summed E-state index contributed by atoms with van der Waals surface area (Å²) in [5.74, 6) is -0.281. The van der Waals surface area contributed by atoms with Crippen molar-refractivity contribution in [3.8, 4) is 0 Å². The molecule has 2 aromatic carbocycles. The van der Waals surface area contributed by atoms with Gasteiger partial charge in [-0.1, -0.05) is 48.2 Å². The van der Waals surface area contributed by atoms with Gasteiger partial charge in [0.25, 0.3) is 11.1 Å². The van der Waals surface area contributed by atoms with Crippen molar-refractivity contribution in [2.45, 2.75) is 17.5 Å². The van der Waals surface area contributed by atoms with E-state index >= 15 is 0 Å². The normalized spacial score (nSPS) is 10.9. The van der Waals surface area contributed by atoms with Gasteiger partial charge in [-0.2, -0.15) is 0 Å². The van der Waals surface area contributed by atoms with Crippen LogP contribution in [0.3, 0.4) is 0 Å². The summed E-state index contributed by atoms with van der Waals surface area (Å²) in [6, 6.07) is 18.6. The summed E-state index contributed by atoms with van der Waals surface area (Å²) in [6.07, 6.45) is 0. The number of thiophene rings is 1. The first-order valence-corrected chi connectivity index (χ1v) is 11.5. The van der Waals surface area contributed by atoms with Gasteiger partial charge in [0.15, 0.2) is 12.2 Å². The third kappa shape index (κ3) is 5.34. The summed E-state index contributed by atoms with van der Waals surface area (Å²) in [5, 5.41) is 2.50. The lowest BCUT2D eigenvalue weighted by molar-refractivity contribution is -0.133. The molecule has 0 bridgehead atoms. The van der Waals surface area contributed by atoms with Crippen molar-refractivity contribution in [1.82, 2.24) is 9.88 Å². The predicted molar refractivity (Wildman–Crippen MR) is 121 cm³/mol. The van der Waals surface area contributed by atoms with Gasteiger partial charge in [-0.15, -0.1) is 11.3 Å². The van der Waals surface area contributed by atoms with Crippen molar-refractivity contribution in [3.63, 3.8) is 0 Å². The number of amides is 1. The number of aromatic nitrogens is 1. The zero-order valence-corrected chi connectivity index (χ0v) is 18.4. The van der Waals surface area contributed by atoms with Crippen molar-refractivity contribution in [1.29, 1.82) is 0 Å². The Labute approximate surface area is 187 Å². The van der Waals surface area contributed by atoms with Crippen LogP contribution in [0.5, 0.6) is 0 Å². The van der Waals surface area contributed by atoms with Crippen LogP contribution in [0.15, 0.2) is 75.7 Å². The maximum Gasteiger partial charge on any atom is 0.338 e. The average Bonchev–Trinajstić information content (AvgIpc) is 3.45. The van der Waals surface area contributed by atoms with E-state index in [4.69, 9.17) is 9.15 Å². The number of esters is 1. The molecule has 0 aliphatic heterocycles. The topological polar surface area (TPSA) is 72.6 Å². The number of carbonyl (C=O) groups is 2. The van der Waals surface area contributed by atoms with Crippen molar-refractivity contribution >= 4 is 46.1 Å². The Morgan fingerprint density at radius 1 is 1.10 bits per heavy atom. The minimum atomic E-state index is -0.522. The van der Waals surface area contributed by atoms with Crippen molar-refractivity contribution in [2.24, 2.45) is 0 Å². The molecular formula is C23H20N2O4S2. The van der Waals surface area contributed by atoms with E-state index in [1.54, 1.807) is 35.4 Å². The quantitative estimate of drug-likeness (QED) is 0.277. The van der Waals surface area contributed by atoms with Gasteiger partial charge in [-0.25, -0.2) is 9.78 Å². The Kier molecular flexibility index (Phi) is 6.69. The Balaban J connectivity index is 1.35. The van der Waals surface area contributed by atoms with Crippen molar-refractivity contribution in [2.75, 3.05) is 13.7 Å². The molecule has 0 saturated heterocycles. The lowest BCUT2D eigenvalue weighted by Gasteiger charge is -2.16. The molecule has 0 fully saturated rings. The number of nitrogens with zero attached hydrogens (tertiary/aromatic N) is 2. The van der Waals surface area contributed by atoms with E-state index in [0.29, 0.717) is 23.1 Å². The lowest BCUT2D eigenvalue weighted by Crippen LogP contribution is -2.30. The molecule has 0 radical (unpaired) electrons. The summed E-state index contributed by atoms with van der Waals surface area (Å²) in [6.45, 7) is 0.194. The highest BCUT2D eigenvalue weighted by Gasteiger charge is 2.17. The molecule has 1 amide bonds. The van der Waals surface area contributed by atoms with Crippen LogP contribution in [-0.2, 0) is 21.8 Å². The number of hydrogen-bond acceptors (Lipinski definition) is 7. The van der Waals surface area contributed by atoms with E-state index in [1.807, 2.05) is 53.9 Å². The number of hydrogen-bond donors (Lipinski definition) is 0.